The van der Waals surface area contributed by atoms with Gasteiger partial charge in [-0.15, -0.1) is 11.8 Å². The molecule has 1 aliphatic rings. The summed E-state index contributed by atoms with van der Waals surface area (Å²) >= 11 is 1.85. The number of para-hydroxylation sites is 2. The number of nitrogens with zero attached hydrogens (tertiary/aromatic N) is 3. The standard InChI is InChI=1S/C23H28N4OS.C2H2O4/c1-17(2)29-19-9-7-18(8-10-19)15-23(28)27-13-11-26(12-14-27)16-22-24-20-5-3-4-6-21(20)25-22;3-1(4)2(5)6/h3-10,17H,11-16H2,1-2H3,(H,24,25);(H,3,4)(H,5,6). The summed E-state index contributed by atoms with van der Waals surface area (Å²) in [4.78, 5) is 44.6. The highest BCUT2D eigenvalue weighted by molar-refractivity contribution is 7.99. The number of carbonyl (C=O) groups excluding carboxylic acids is 1. The predicted molar refractivity (Wildman–Crippen MR) is 134 cm³/mol. The number of H-pyrrole nitrogens is 1. The molecule has 9 nitrogen and oxygen atoms in total. The van der Waals surface area contributed by atoms with E-state index in [1.165, 1.54) is 4.90 Å². The number of rotatable bonds is 6. The summed E-state index contributed by atoms with van der Waals surface area (Å²) in [6, 6.07) is 16.5. The number of benzene rings is 2. The second-order valence-corrected chi connectivity index (χ2v) is 10.1. The van der Waals surface area contributed by atoms with Crippen molar-refractivity contribution in [3.8, 4) is 0 Å². The Bertz CT molecular complexity index is 1110. The minimum Gasteiger partial charge on any atom is -0.473 e. The molecule has 1 aliphatic heterocycles. The fourth-order valence-corrected chi connectivity index (χ4v) is 4.53. The van der Waals surface area contributed by atoms with Crippen molar-refractivity contribution in [1.29, 1.82) is 0 Å². The number of amides is 1. The van der Waals surface area contributed by atoms with E-state index in [0.29, 0.717) is 11.7 Å². The third kappa shape index (κ3) is 8.11. The molecule has 35 heavy (non-hydrogen) atoms. The van der Waals surface area contributed by atoms with E-state index in [2.05, 4.69) is 59.0 Å². The fraction of sp³-hybridized carbons (Fsp3) is 0.360. The van der Waals surface area contributed by atoms with Crippen molar-refractivity contribution in [2.24, 2.45) is 0 Å². The van der Waals surface area contributed by atoms with Gasteiger partial charge < -0.3 is 20.1 Å². The molecule has 0 bridgehead atoms. The van der Waals surface area contributed by atoms with Gasteiger partial charge in [-0.1, -0.05) is 38.1 Å². The number of aromatic amines is 1. The van der Waals surface area contributed by atoms with E-state index in [1.807, 2.05) is 34.9 Å². The van der Waals surface area contributed by atoms with Gasteiger partial charge in [0, 0.05) is 36.3 Å². The third-order valence-corrected chi connectivity index (χ3v) is 6.39. The van der Waals surface area contributed by atoms with E-state index >= 15 is 0 Å². The van der Waals surface area contributed by atoms with Crippen LogP contribution in [-0.4, -0.2) is 79.3 Å². The molecule has 0 aliphatic carbocycles. The van der Waals surface area contributed by atoms with Crippen LogP contribution in [0.5, 0.6) is 0 Å². The average Bonchev–Trinajstić information content (AvgIpc) is 3.23. The predicted octanol–water partition coefficient (Wildman–Crippen LogP) is 3.11. The molecule has 0 unspecified atom stereocenters. The molecule has 0 saturated carbocycles. The minimum atomic E-state index is -1.82. The zero-order valence-electron chi connectivity index (χ0n) is 19.8. The first-order chi connectivity index (χ1) is 16.7. The number of carbonyl (C=O) groups is 3. The van der Waals surface area contributed by atoms with Crippen LogP contribution in [0.1, 0.15) is 25.2 Å². The van der Waals surface area contributed by atoms with Crippen LogP contribution in [0.4, 0.5) is 0 Å². The summed E-state index contributed by atoms with van der Waals surface area (Å²) in [5.41, 5.74) is 3.18. The van der Waals surface area contributed by atoms with Crippen LogP contribution in [0.15, 0.2) is 53.4 Å². The molecule has 3 N–H and O–H groups in total. The van der Waals surface area contributed by atoms with Crippen molar-refractivity contribution in [3.05, 3.63) is 59.9 Å². The highest BCUT2D eigenvalue weighted by atomic mass is 32.2. The molecular weight excluding hydrogens is 468 g/mol. The van der Waals surface area contributed by atoms with Crippen LogP contribution in [0, 0.1) is 0 Å². The van der Waals surface area contributed by atoms with Crippen LogP contribution < -0.4 is 0 Å². The smallest absolute Gasteiger partial charge is 0.414 e. The number of imidazole rings is 1. The molecule has 2 aromatic carbocycles. The lowest BCUT2D eigenvalue weighted by molar-refractivity contribution is -0.159. The van der Waals surface area contributed by atoms with Gasteiger partial charge in [0.1, 0.15) is 5.82 Å². The van der Waals surface area contributed by atoms with Gasteiger partial charge in [0.05, 0.1) is 24.0 Å². The molecule has 186 valence electrons. The maximum atomic E-state index is 12.7. The van der Waals surface area contributed by atoms with Gasteiger partial charge in [0.15, 0.2) is 0 Å². The summed E-state index contributed by atoms with van der Waals surface area (Å²) < 4.78 is 0. The Morgan fingerprint density at radius 1 is 0.971 bits per heavy atom. The van der Waals surface area contributed by atoms with E-state index in [-0.39, 0.29) is 5.91 Å². The van der Waals surface area contributed by atoms with E-state index in [4.69, 9.17) is 19.8 Å². The highest BCUT2D eigenvalue weighted by Crippen LogP contribution is 2.23. The SMILES string of the molecule is CC(C)Sc1ccc(CC(=O)N2CCN(Cc3nc4ccccc4[nH]3)CC2)cc1.O=C(O)C(=O)O. The molecule has 2 heterocycles. The van der Waals surface area contributed by atoms with Gasteiger partial charge in [0.2, 0.25) is 5.91 Å². The lowest BCUT2D eigenvalue weighted by atomic mass is 10.1. The summed E-state index contributed by atoms with van der Waals surface area (Å²) in [6.45, 7) is 8.50. The molecule has 4 rings (SSSR count). The lowest BCUT2D eigenvalue weighted by Crippen LogP contribution is -2.48. The zero-order chi connectivity index (χ0) is 25.4. The summed E-state index contributed by atoms with van der Waals surface area (Å²) in [5, 5.41) is 15.4. The van der Waals surface area contributed by atoms with Crippen molar-refractivity contribution in [3.63, 3.8) is 0 Å². The largest absolute Gasteiger partial charge is 0.473 e. The first-order valence-corrected chi connectivity index (χ1v) is 12.2. The van der Waals surface area contributed by atoms with Crippen molar-refractivity contribution < 1.29 is 24.6 Å². The Kier molecular flexibility index (Phi) is 9.27. The number of aliphatic carboxylic acids is 2. The van der Waals surface area contributed by atoms with Gasteiger partial charge >= 0.3 is 11.9 Å². The van der Waals surface area contributed by atoms with E-state index < -0.39 is 11.9 Å². The van der Waals surface area contributed by atoms with Crippen molar-refractivity contribution in [1.82, 2.24) is 19.8 Å². The zero-order valence-corrected chi connectivity index (χ0v) is 20.6. The Balaban J connectivity index is 0.000000509. The third-order valence-electron chi connectivity index (χ3n) is 5.37. The molecule has 3 aromatic rings. The van der Waals surface area contributed by atoms with E-state index in [0.717, 1.165) is 55.1 Å². The molecular formula is C25H30N4O5S. The molecule has 0 atom stereocenters. The van der Waals surface area contributed by atoms with Crippen molar-refractivity contribution in [2.45, 2.75) is 37.0 Å². The molecule has 1 aromatic heterocycles. The van der Waals surface area contributed by atoms with Crippen molar-refractivity contribution in [2.75, 3.05) is 26.2 Å². The first kappa shape index (κ1) is 26.2. The Hall–Kier alpha value is -3.37. The molecule has 1 amide bonds. The molecule has 0 spiro atoms. The lowest BCUT2D eigenvalue weighted by Gasteiger charge is -2.34. The van der Waals surface area contributed by atoms with Gasteiger partial charge in [-0.25, -0.2) is 14.6 Å². The summed E-state index contributed by atoms with van der Waals surface area (Å²) in [7, 11) is 0. The number of fused-ring (bicyclic) bond motifs is 1. The topological polar surface area (TPSA) is 127 Å². The first-order valence-electron chi connectivity index (χ1n) is 11.4. The summed E-state index contributed by atoms with van der Waals surface area (Å²) in [6.07, 6.45) is 0.482. The van der Waals surface area contributed by atoms with E-state index in [9.17, 15) is 4.79 Å². The molecule has 1 fully saturated rings. The number of hydrogen-bond acceptors (Lipinski definition) is 6. The maximum absolute atomic E-state index is 12.7. The van der Waals surface area contributed by atoms with Gasteiger partial charge in [-0.3, -0.25) is 9.69 Å². The summed E-state index contributed by atoms with van der Waals surface area (Å²) in [5.74, 6) is -2.44. The number of carboxylic acids is 2. The number of piperazine rings is 1. The Labute approximate surface area is 208 Å². The number of aromatic nitrogens is 2. The number of thioether (sulfide) groups is 1. The Morgan fingerprint density at radius 3 is 2.17 bits per heavy atom. The van der Waals surface area contributed by atoms with Crippen LogP contribution in [0.3, 0.4) is 0 Å². The van der Waals surface area contributed by atoms with Crippen LogP contribution in [-0.2, 0) is 27.3 Å². The van der Waals surface area contributed by atoms with Crippen LogP contribution in [0.2, 0.25) is 0 Å². The minimum absolute atomic E-state index is 0.220. The Morgan fingerprint density at radius 2 is 1.60 bits per heavy atom. The quantitative estimate of drug-likeness (QED) is 0.350. The monoisotopic (exact) mass is 498 g/mol. The van der Waals surface area contributed by atoms with Crippen LogP contribution >= 0.6 is 11.8 Å². The van der Waals surface area contributed by atoms with Crippen LogP contribution in [0.25, 0.3) is 11.0 Å². The molecule has 10 heteroatoms. The second-order valence-electron chi connectivity index (χ2n) is 8.46. The maximum Gasteiger partial charge on any atom is 0.414 e. The van der Waals surface area contributed by atoms with E-state index in [1.54, 1.807) is 0 Å². The number of nitrogens with one attached hydrogen (secondary N) is 1. The van der Waals surface area contributed by atoms with Gasteiger partial charge in [0.25, 0.3) is 0 Å². The highest BCUT2D eigenvalue weighted by Gasteiger charge is 2.22. The molecule has 0 radical (unpaired) electrons. The fourth-order valence-electron chi connectivity index (χ4n) is 3.69. The van der Waals surface area contributed by atoms with Gasteiger partial charge in [-0.05, 0) is 29.8 Å². The van der Waals surface area contributed by atoms with Gasteiger partial charge in [-0.2, -0.15) is 0 Å². The average molecular weight is 499 g/mol. The molecule has 1 saturated heterocycles. The second kappa shape index (κ2) is 12.4. The number of carboxylic acid groups (broad SMARTS) is 2. The number of hydrogen-bond donors (Lipinski definition) is 3. The normalized spacial score (nSPS) is 14.0. The van der Waals surface area contributed by atoms with Crippen molar-refractivity contribution >= 4 is 40.6 Å².